The average molecular weight is 219 g/mol. The first-order valence-electron chi connectivity index (χ1n) is 4.39. The molecule has 84 valence electrons. The van der Waals surface area contributed by atoms with Gasteiger partial charge >= 0.3 is 0 Å². The van der Waals surface area contributed by atoms with Gasteiger partial charge < -0.3 is 10.5 Å². The Balaban J connectivity index is 2.94. The summed E-state index contributed by atoms with van der Waals surface area (Å²) in [6.07, 6.45) is -0.549. The zero-order valence-electron chi connectivity index (χ0n) is 8.27. The maximum Gasteiger partial charge on any atom is 0.264 e. The Morgan fingerprint density at radius 1 is 1.40 bits per heavy atom. The van der Waals surface area contributed by atoms with Crippen LogP contribution in [0.2, 0.25) is 0 Å². The molecule has 1 rings (SSSR count). The van der Waals surface area contributed by atoms with E-state index in [4.69, 9.17) is 10.5 Å². The molecular weight excluding hydrogens is 207 g/mol. The average Bonchev–Trinajstić information content (AvgIpc) is 2.20. The van der Waals surface area contributed by atoms with Gasteiger partial charge in [0.15, 0.2) is 0 Å². The molecule has 0 radical (unpaired) electrons. The summed E-state index contributed by atoms with van der Waals surface area (Å²) in [6.45, 7) is -0.743. The molecule has 1 aromatic carbocycles. The SMILES string of the molecule is COc1cc(F)ccc1CC(F)(F)CN. The number of alkyl halides is 2. The molecule has 0 aliphatic carbocycles. The monoisotopic (exact) mass is 219 g/mol. The number of methoxy groups -OCH3 is 1. The summed E-state index contributed by atoms with van der Waals surface area (Å²) in [5.74, 6) is -3.40. The van der Waals surface area contributed by atoms with Crippen LogP contribution in [-0.4, -0.2) is 19.6 Å². The molecule has 0 aromatic heterocycles. The zero-order chi connectivity index (χ0) is 11.5. The molecule has 0 atom stereocenters. The predicted octanol–water partition coefficient (Wildman–Crippen LogP) is 1.97. The molecule has 2 nitrogen and oxygen atoms in total. The van der Waals surface area contributed by atoms with Crippen LogP contribution in [0.1, 0.15) is 5.56 Å². The highest BCUT2D eigenvalue weighted by Crippen LogP contribution is 2.26. The molecule has 15 heavy (non-hydrogen) atoms. The maximum atomic E-state index is 13.0. The molecule has 2 N–H and O–H groups in total. The van der Waals surface area contributed by atoms with E-state index in [9.17, 15) is 13.2 Å². The molecule has 0 amide bonds. The molecular formula is C10H12F3NO. The van der Waals surface area contributed by atoms with E-state index in [0.717, 1.165) is 12.1 Å². The standard InChI is InChI=1S/C10H12F3NO/c1-15-9-4-8(11)3-2-7(9)5-10(12,13)6-14/h2-4H,5-6,14H2,1H3. The summed E-state index contributed by atoms with van der Waals surface area (Å²) in [6, 6.07) is 3.46. The van der Waals surface area contributed by atoms with Crippen molar-refractivity contribution in [1.29, 1.82) is 0 Å². The highest BCUT2D eigenvalue weighted by atomic mass is 19.3. The van der Waals surface area contributed by atoms with Gasteiger partial charge in [-0.1, -0.05) is 6.07 Å². The van der Waals surface area contributed by atoms with E-state index in [1.165, 1.54) is 13.2 Å². The normalized spacial score (nSPS) is 11.5. The predicted molar refractivity (Wildman–Crippen MR) is 50.7 cm³/mol. The zero-order valence-corrected chi connectivity index (χ0v) is 8.27. The smallest absolute Gasteiger partial charge is 0.264 e. The van der Waals surface area contributed by atoms with Crippen LogP contribution in [0.4, 0.5) is 13.2 Å². The van der Waals surface area contributed by atoms with Crippen molar-refractivity contribution in [2.45, 2.75) is 12.3 Å². The second-order valence-corrected chi connectivity index (χ2v) is 3.19. The molecule has 1 aromatic rings. The lowest BCUT2D eigenvalue weighted by molar-refractivity contribution is 0.0109. The lowest BCUT2D eigenvalue weighted by Crippen LogP contribution is -2.30. The second kappa shape index (κ2) is 4.53. The van der Waals surface area contributed by atoms with Gasteiger partial charge in [0, 0.05) is 18.1 Å². The molecule has 0 saturated carbocycles. The topological polar surface area (TPSA) is 35.2 Å². The molecule has 0 spiro atoms. The van der Waals surface area contributed by atoms with E-state index < -0.39 is 24.7 Å². The van der Waals surface area contributed by atoms with Crippen molar-refractivity contribution in [3.05, 3.63) is 29.6 Å². The fourth-order valence-electron chi connectivity index (χ4n) is 1.22. The number of nitrogens with two attached hydrogens (primary N) is 1. The minimum absolute atomic E-state index is 0.114. The van der Waals surface area contributed by atoms with Crippen molar-refractivity contribution in [2.24, 2.45) is 5.73 Å². The highest BCUT2D eigenvalue weighted by Gasteiger charge is 2.28. The van der Waals surface area contributed by atoms with E-state index >= 15 is 0 Å². The van der Waals surface area contributed by atoms with Crippen molar-refractivity contribution in [3.63, 3.8) is 0 Å². The van der Waals surface area contributed by atoms with E-state index in [2.05, 4.69) is 0 Å². The van der Waals surface area contributed by atoms with E-state index in [0.29, 0.717) is 0 Å². The molecule has 0 unspecified atom stereocenters. The van der Waals surface area contributed by atoms with Crippen LogP contribution in [0, 0.1) is 5.82 Å². The Kier molecular flexibility index (Phi) is 3.57. The Labute approximate surface area is 85.8 Å². The minimum Gasteiger partial charge on any atom is -0.496 e. The molecule has 0 bridgehead atoms. The third kappa shape index (κ3) is 3.13. The van der Waals surface area contributed by atoms with Crippen LogP contribution >= 0.6 is 0 Å². The Hall–Kier alpha value is -1.23. The molecule has 0 aliphatic rings. The van der Waals surface area contributed by atoms with Crippen LogP contribution < -0.4 is 10.5 Å². The number of ether oxygens (including phenoxy) is 1. The van der Waals surface area contributed by atoms with Gasteiger partial charge in [-0.05, 0) is 6.07 Å². The molecule has 0 saturated heterocycles. The number of hydrogen-bond donors (Lipinski definition) is 1. The minimum atomic E-state index is -2.99. The fourth-order valence-corrected chi connectivity index (χ4v) is 1.22. The third-order valence-electron chi connectivity index (χ3n) is 2.00. The Morgan fingerprint density at radius 3 is 2.60 bits per heavy atom. The molecule has 0 heterocycles. The van der Waals surface area contributed by atoms with Crippen molar-refractivity contribution in [2.75, 3.05) is 13.7 Å². The Morgan fingerprint density at radius 2 is 2.07 bits per heavy atom. The molecule has 0 fully saturated rings. The van der Waals surface area contributed by atoms with E-state index in [1.807, 2.05) is 0 Å². The molecule has 5 heteroatoms. The first-order valence-corrected chi connectivity index (χ1v) is 4.39. The summed E-state index contributed by atoms with van der Waals surface area (Å²) in [5.41, 5.74) is 5.16. The summed E-state index contributed by atoms with van der Waals surface area (Å²) < 4.78 is 43.5. The third-order valence-corrected chi connectivity index (χ3v) is 2.00. The van der Waals surface area contributed by atoms with Crippen LogP contribution in [0.3, 0.4) is 0 Å². The van der Waals surface area contributed by atoms with Gasteiger partial charge in [-0.3, -0.25) is 0 Å². The van der Waals surface area contributed by atoms with Crippen molar-refractivity contribution in [1.82, 2.24) is 0 Å². The van der Waals surface area contributed by atoms with Gasteiger partial charge in [0.2, 0.25) is 0 Å². The highest BCUT2D eigenvalue weighted by molar-refractivity contribution is 5.34. The number of rotatable bonds is 4. The van der Waals surface area contributed by atoms with Gasteiger partial charge in [0.05, 0.1) is 13.7 Å². The van der Waals surface area contributed by atoms with Gasteiger partial charge in [-0.2, -0.15) is 0 Å². The van der Waals surface area contributed by atoms with E-state index in [1.54, 1.807) is 0 Å². The summed E-state index contributed by atoms with van der Waals surface area (Å²) in [4.78, 5) is 0. The van der Waals surface area contributed by atoms with Crippen molar-refractivity contribution in [3.8, 4) is 5.75 Å². The quantitative estimate of drug-likeness (QED) is 0.840. The first kappa shape index (κ1) is 11.8. The van der Waals surface area contributed by atoms with Crippen LogP contribution in [-0.2, 0) is 6.42 Å². The summed E-state index contributed by atoms with van der Waals surface area (Å²) in [7, 11) is 1.30. The van der Waals surface area contributed by atoms with Crippen molar-refractivity contribution >= 4 is 0 Å². The first-order chi connectivity index (χ1) is 6.98. The second-order valence-electron chi connectivity index (χ2n) is 3.19. The Bertz CT molecular complexity index is 341. The summed E-state index contributed by atoms with van der Waals surface area (Å²) >= 11 is 0. The van der Waals surface area contributed by atoms with E-state index in [-0.39, 0.29) is 11.3 Å². The lowest BCUT2D eigenvalue weighted by atomic mass is 10.1. The van der Waals surface area contributed by atoms with Gasteiger partial charge in [-0.15, -0.1) is 0 Å². The van der Waals surface area contributed by atoms with Crippen LogP contribution in [0.5, 0.6) is 5.75 Å². The summed E-state index contributed by atoms with van der Waals surface area (Å²) in [5, 5.41) is 0. The number of halogens is 3. The van der Waals surface area contributed by atoms with Crippen LogP contribution in [0.25, 0.3) is 0 Å². The van der Waals surface area contributed by atoms with Crippen LogP contribution in [0.15, 0.2) is 18.2 Å². The fraction of sp³-hybridized carbons (Fsp3) is 0.400. The molecule has 0 aliphatic heterocycles. The van der Waals surface area contributed by atoms with Gasteiger partial charge in [0.25, 0.3) is 5.92 Å². The number of hydrogen-bond acceptors (Lipinski definition) is 2. The largest absolute Gasteiger partial charge is 0.496 e. The maximum absolute atomic E-state index is 13.0. The van der Waals surface area contributed by atoms with Gasteiger partial charge in [-0.25, -0.2) is 13.2 Å². The van der Waals surface area contributed by atoms with Crippen molar-refractivity contribution < 1.29 is 17.9 Å². The van der Waals surface area contributed by atoms with Gasteiger partial charge in [0.1, 0.15) is 11.6 Å². The number of benzene rings is 1. The lowest BCUT2D eigenvalue weighted by Gasteiger charge is -2.15.